The van der Waals surface area contributed by atoms with Crippen LogP contribution in [0.25, 0.3) is 0 Å². The molecule has 1 rings (SSSR count). The number of carbonyl (C=O) groups is 1. The van der Waals surface area contributed by atoms with E-state index in [1.165, 1.54) is 4.57 Å². The molecule has 0 aliphatic carbocycles. The third-order valence-corrected chi connectivity index (χ3v) is 3.43. The van der Waals surface area contributed by atoms with Gasteiger partial charge in [0, 0.05) is 32.0 Å². The van der Waals surface area contributed by atoms with E-state index in [0.29, 0.717) is 25.3 Å². The molecule has 0 amide bonds. The number of carboxylic acid groups (broad SMARTS) is 1. The van der Waals surface area contributed by atoms with Gasteiger partial charge in [-0.3, -0.25) is 9.36 Å². The van der Waals surface area contributed by atoms with E-state index in [0.717, 1.165) is 11.3 Å². The first-order valence-corrected chi connectivity index (χ1v) is 6.71. The number of ether oxygens (including phenoxy) is 2. The Hall–Kier alpha value is -1.73. The number of methoxy groups -OCH3 is 2. The molecular formula is C14H22N2O5. The molecule has 0 radical (unpaired) electrons. The lowest BCUT2D eigenvalue weighted by Crippen LogP contribution is -2.34. The van der Waals surface area contributed by atoms with Crippen LogP contribution in [0.1, 0.15) is 23.4 Å². The molecule has 21 heavy (non-hydrogen) atoms. The van der Waals surface area contributed by atoms with Crippen LogP contribution in [-0.4, -0.2) is 47.6 Å². The van der Waals surface area contributed by atoms with Crippen molar-refractivity contribution >= 4 is 5.97 Å². The molecule has 118 valence electrons. The summed E-state index contributed by atoms with van der Waals surface area (Å²) in [5.74, 6) is -0.874. The number of nitrogens with zero attached hydrogens (tertiary/aromatic N) is 2. The standard InChI is InChI=1S/C14H22N2O5/c1-9-12(5-6-13(17)18)10(2)16(14(19)15-9)7-11(21-4)8-20-3/h11H,5-8H2,1-4H3,(H,17,18). The largest absolute Gasteiger partial charge is 0.481 e. The maximum atomic E-state index is 12.0. The number of rotatable bonds is 8. The van der Waals surface area contributed by atoms with Crippen LogP contribution in [0.3, 0.4) is 0 Å². The molecule has 1 unspecified atom stereocenters. The minimum absolute atomic E-state index is 0.00728. The Balaban J connectivity index is 3.11. The lowest BCUT2D eigenvalue weighted by Gasteiger charge is -2.19. The van der Waals surface area contributed by atoms with E-state index in [1.807, 2.05) is 0 Å². The monoisotopic (exact) mass is 298 g/mol. The first-order valence-electron chi connectivity index (χ1n) is 6.71. The van der Waals surface area contributed by atoms with Crippen LogP contribution in [0.2, 0.25) is 0 Å². The molecule has 0 aliphatic rings. The Labute approximate surface area is 123 Å². The third-order valence-electron chi connectivity index (χ3n) is 3.43. The van der Waals surface area contributed by atoms with Gasteiger partial charge in [0.2, 0.25) is 0 Å². The van der Waals surface area contributed by atoms with Crippen LogP contribution >= 0.6 is 0 Å². The molecule has 0 fully saturated rings. The summed E-state index contributed by atoms with van der Waals surface area (Å²) in [7, 11) is 3.12. The lowest BCUT2D eigenvalue weighted by atomic mass is 10.1. The quantitative estimate of drug-likeness (QED) is 0.753. The van der Waals surface area contributed by atoms with Crippen molar-refractivity contribution in [2.24, 2.45) is 0 Å². The Morgan fingerprint density at radius 1 is 1.38 bits per heavy atom. The van der Waals surface area contributed by atoms with Gasteiger partial charge in [-0.1, -0.05) is 0 Å². The van der Waals surface area contributed by atoms with Crippen molar-refractivity contribution in [2.75, 3.05) is 20.8 Å². The zero-order chi connectivity index (χ0) is 16.0. The van der Waals surface area contributed by atoms with Crippen molar-refractivity contribution in [1.82, 2.24) is 9.55 Å². The number of hydrogen-bond donors (Lipinski definition) is 1. The van der Waals surface area contributed by atoms with Crippen molar-refractivity contribution in [3.63, 3.8) is 0 Å². The van der Waals surface area contributed by atoms with Crippen LogP contribution in [-0.2, 0) is 27.2 Å². The summed E-state index contributed by atoms with van der Waals surface area (Å²) in [6, 6.07) is 0. The molecule has 1 heterocycles. The van der Waals surface area contributed by atoms with Gasteiger partial charge in [-0.05, 0) is 25.8 Å². The molecule has 7 nitrogen and oxygen atoms in total. The fourth-order valence-corrected chi connectivity index (χ4v) is 2.23. The maximum Gasteiger partial charge on any atom is 0.348 e. The molecule has 0 aromatic carbocycles. The zero-order valence-corrected chi connectivity index (χ0v) is 12.9. The summed E-state index contributed by atoms with van der Waals surface area (Å²) in [6.45, 7) is 4.20. The Morgan fingerprint density at radius 2 is 2.05 bits per heavy atom. The lowest BCUT2D eigenvalue weighted by molar-refractivity contribution is -0.136. The molecule has 0 saturated heterocycles. The van der Waals surface area contributed by atoms with E-state index in [4.69, 9.17) is 14.6 Å². The predicted molar refractivity (Wildman–Crippen MR) is 76.6 cm³/mol. The normalized spacial score (nSPS) is 12.4. The maximum absolute atomic E-state index is 12.0. The highest BCUT2D eigenvalue weighted by Gasteiger charge is 2.16. The van der Waals surface area contributed by atoms with Crippen LogP contribution in [0.15, 0.2) is 4.79 Å². The van der Waals surface area contributed by atoms with Crippen molar-refractivity contribution in [1.29, 1.82) is 0 Å². The van der Waals surface area contributed by atoms with Gasteiger partial charge in [-0.15, -0.1) is 0 Å². The van der Waals surface area contributed by atoms with Crippen molar-refractivity contribution < 1.29 is 19.4 Å². The van der Waals surface area contributed by atoms with Gasteiger partial charge >= 0.3 is 11.7 Å². The fourth-order valence-electron chi connectivity index (χ4n) is 2.23. The molecule has 1 aromatic rings. The van der Waals surface area contributed by atoms with Crippen LogP contribution in [0, 0.1) is 13.8 Å². The Bertz CT molecular complexity index is 553. The van der Waals surface area contributed by atoms with E-state index in [-0.39, 0.29) is 18.2 Å². The number of hydrogen-bond acceptors (Lipinski definition) is 5. The first kappa shape index (κ1) is 17.3. The molecule has 0 saturated carbocycles. The smallest absolute Gasteiger partial charge is 0.348 e. The topological polar surface area (TPSA) is 90.6 Å². The summed E-state index contributed by atoms with van der Waals surface area (Å²) in [5, 5.41) is 8.81. The number of carboxylic acids is 1. The molecule has 0 spiro atoms. The number of aliphatic carboxylic acids is 1. The Morgan fingerprint density at radius 3 is 2.57 bits per heavy atom. The summed E-state index contributed by atoms with van der Waals surface area (Å²) in [6.07, 6.45) is 0.0958. The minimum Gasteiger partial charge on any atom is -0.481 e. The summed E-state index contributed by atoms with van der Waals surface area (Å²) < 4.78 is 11.8. The molecular weight excluding hydrogens is 276 g/mol. The minimum atomic E-state index is -0.874. The van der Waals surface area contributed by atoms with Crippen LogP contribution in [0.4, 0.5) is 0 Å². The molecule has 0 bridgehead atoms. The highest BCUT2D eigenvalue weighted by Crippen LogP contribution is 2.13. The van der Waals surface area contributed by atoms with E-state index in [9.17, 15) is 9.59 Å². The molecule has 1 atom stereocenters. The van der Waals surface area contributed by atoms with E-state index < -0.39 is 5.97 Å². The SMILES string of the molecule is COCC(Cn1c(C)c(CCC(=O)O)c(C)nc1=O)OC. The van der Waals surface area contributed by atoms with Crippen LogP contribution < -0.4 is 5.69 Å². The summed E-state index contributed by atoms with van der Waals surface area (Å²) in [5.41, 5.74) is 1.74. The van der Waals surface area contributed by atoms with E-state index in [2.05, 4.69) is 4.98 Å². The van der Waals surface area contributed by atoms with Gasteiger partial charge in [0.1, 0.15) is 0 Å². The Kier molecular flexibility index (Phi) is 6.51. The summed E-state index contributed by atoms with van der Waals surface area (Å²) >= 11 is 0. The van der Waals surface area contributed by atoms with E-state index >= 15 is 0 Å². The molecule has 1 aromatic heterocycles. The third kappa shape index (κ3) is 4.64. The molecule has 1 N–H and O–H groups in total. The average molecular weight is 298 g/mol. The highest BCUT2D eigenvalue weighted by atomic mass is 16.5. The van der Waals surface area contributed by atoms with Crippen molar-refractivity contribution in [3.05, 3.63) is 27.4 Å². The van der Waals surface area contributed by atoms with Gasteiger partial charge < -0.3 is 14.6 Å². The second-order valence-corrected chi connectivity index (χ2v) is 4.86. The van der Waals surface area contributed by atoms with Gasteiger partial charge in [-0.25, -0.2) is 4.79 Å². The van der Waals surface area contributed by atoms with Crippen molar-refractivity contribution in [3.8, 4) is 0 Å². The highest BCUT2D eigenvalue weighted by molar-refractivity contribution is 5.67. The van der Waals surface area contributed by atoms with Gasteiger partial charge in [0.25, 0.3) is 0 Å². The van der Waals surface area contributed by atoms with Crippen LogP contribution in [0.5, 0.6) is 0 Å². The molecule has 0 aliphatic heterocycles. The van der Waals surface area contributed by atoms with E-state index in [1.54, 1.807) is 28.1 Å². The fraction of sp³-hybridized carbons (Fsp3) is 0.643. The zero-order valence-electron chi connectivity index (χ0n) is 12.9. The molecule has 7 heteroatoms. The van der Waals surface area contributed by atoms with Crippen molar-refractivity contribution in [2.45, 2.75) is 39.3 Å². The van der Waals surface area contributed by atoms with Gasteiger partial charge in [-0.2, -0.15) is 4.98 Å². The second kappa shape index (κ2) is 7.90. The average Bonchev–Trinajstić information content (AvgIpc) is 2.41. The van der Waals surface area contributed by atoms with Gasteiger partial charge in [0.15, 0.2) is 0 Å². The number of aryl methyl sites for hydroxylation is 1. The second-order valence-electron chi connectivity index (χ2n) is 4.86. The predicted octanol–water partition coefficient (Wildman–Crippen LogP) is 0.539. The van der Waals surface area contributed by atoms with Gasteiger partial charge in [0.05, 0.1) is 19.3 Å². The number of aromatic nitrogens is 2. The first-order chi connectivity index (χ1) is 9.90. The summed E-state index contributed by atoms with van der Waals surface area (Å²) in [4.78, 5) is 26.8.